The minimum Gasteiger partial charge on any atom is -0.493 e. The number of allylic oxidation sites excluding steroid dienone is 2. The number of rotatable bonds is 2. The van der Waals surface area contributed by atoms with Crippen LogP contribution in [0, 0.1) is 0 Å². The molecular weight excluding hydrogens is 220 g/mol. The Balaban J connectivity index is 1.88. The van der Waals surface area contributed by atoms with Crippen molar-refractivity contribution in [2.24, 2.45) is 0 Å². The predicted octanol–water partition coefficient (Wildman–Crippen LogP) is 4.62. The molecule has 1 heteroatoms. The Bertz CT molecular complexity index is 460. The summed E-state index contributed by atoms with van der Waals surface area (Å²) in [4.78, 5) is 0. The minimum atomic E-state index is 0.276. The smallest absolute Gasteiger partial charge is 0.123 e. The van der Waals surface area contributed by atoms with Crippen LogP contribution >= 0.6 is 0 Å². The molecule has 0 amide bonds. The Labute approximate surface area is 110 Å². The lowest BCUT2D eigenvalue weighted by molar-refractivity contribution is 0.221. The van der Waals surface area contributed by atoms with E-state index in [0.29, 0.717) is 0 Å². The highest BCUT2D eigenvalue weighted by molar-refractivity contribution is 5.42. The van der Waals surface area contributed by atoms with Gasteiger partial charge in [0.05, 0.1) is 6.61 Å². The van der Waals surface area contributed by atoms with Crippen molar-refractivity contribution in [2.75, 3.05) is 6.61 Å². The summed E-state index contributed by atoms with van der Waals surface area (Å²) in [6.07, 6.45) is 10.2. The van der Waals surface area contributed by atoms with Gasteiger partial charge < -0.3 is 4.74 Å². The van der Waals surface area contributed by atoms with Crippen LogP contribution in [0.1, 0.15) is 51.0 Å². The molecular formula is C17H22O. The fourth-order valence-electron chi connectivity index (χ4n) is 3.36. The minimum absolute atomic E-state index is 0.276. The van der Waals surface area contributed by atoms with Crippen molar-refractivity contribution >= 4 is 0 Å². The third-order valence-corrected chi connectivity index (χ3v) is 4.45. The quantitative estimate of drug-likeness (QED) is 0.688. The first kappa shape index (κ1) is 11.8. The normalized spacial score (nSPS) is 27.1. The highest BCUT2D eigenvalue weighted by atomic mass is 16.5. The molecule has 96 valence electrons. The van der Waals surface area contributed by atoms with Gasteiger partial charge in [-0.3, -0.25) is 0 Å². The number of hydrogen-bond donors (Lipinski definition) is 0. The van der Waals surface area contributed by atoms with E-state index in [9.17, 15) is 0 Å². The maximum atomic E-state index is 5.79. The molecule has 0 saturated carbocycles. The van der Waals surface area contributed by atoms with Crippen molar-refractivity contribution in [1.82, 2.24) is 0 Å². The standard InChI is InChI=1S/C17H22O/c1-17(13-14-7-3-2-4-8-14)11-12-18-16-10-6-5-9-15(16)17/h5-7,9-10H,2-4,8,11-13H2,1H3/t17-/m1/s1. The summed E-state index contributed by atoms with van der Waals surface area (Å²) >= 11 is 0. The van der Waals surface area contributed by atoms with Gasteiger partial charge in [-0.1, -0.05) is 36.8 Å². The van der Waals surface area contributed by atoms with Gasteiger partial charge in [0.15, 0.2) is 0 Å². The molecule has 1 heterocycles. The van der Waals surface area contributed by atoms with Crippen molar-refractivity contribution in [2.45, 2.75) is 50.9 Å². The second-order valence-electron chi connectivity index (χ2n) is 5.94. The van der Waals surface area contributed by atoms with E-state index in [2.05, 4.69) is 37.3 Å². The number of ether oxygens (including phenoxy) is 1. The first-order valence-corrected chi connectivity index (χ1v) is 7.18. The Morgan fingerprint density at radius 3 is 2.94 bits per heavy atom. The van der Waals surface area contributed by atoms with Gasteiger partial charge in [0.1, 0.15) is 5.75 Å². The second-order valence-corrected chi connectivity index (χ2v) is 5.94. The molecule has 1 nitrogen and oxygen atoms in total. The Morgan fingerprint density at radius 1 is 1.22 bits per heavy atom. The fourth-order valence-corrected chi connectivity index (χ4v) is 3.36. The van der Waals surface area contributed by atoms with Crippen molar-refractivity contribution < 1.29 is 4.74 Å². The van der Waals surface area contributed by atoms with E-state index in [1.54, 1.807) is 5.57 Å². The van der Waals surface area contributed by atoms with E-state index in [1.807, 2.05) is 0 Å². The van der Waals surface area contributed by atoms with Gasteiger partial charge in [-0.2, -0.15) is 0 Å². The van der Waals surface area contributed by atoms with E-state index in [-0.39, 0.29) is 5.41 Å². The van der Waals surface area contributed by atoms with Gasteiger partial charge in [-0.05, 0) is 44.6 Å². The largest absolute Gasteiger partial charge is 0.493 e. The highest BCUT2D eigenvalue weighted by Crippen LogP contribution is 2.43. The summed E-state index contributed by atoms with van der Waals surface area (Å²) in [6.45, 7) is 3.27. The number of benzene rings is 1. The zero-order valence-corrected chi connectivity index (χ0v) is 11.2. The topological polar surface area (TPSA) is 9.23 Å². The molecule has 1 aromatic carbocycles. The Morgan fingerprint density at radius 2 is 2.11 bits per heavy atom. The van der Waals surface area contributed by atoms with Crippen LogP contribution in [0.4, 0.5) is 0 Å². The third-order valence-electron chi connectivity index (χ3n) is 4.45. The number of fused-ring (bicyclic) bond motifs is 1. The summed E-state index contributed by atoms with van der Waals surface area (Å²) in [5, 5.41) is 0. The van der Waals surface area contributed by atoms with Crippen LogP contribution in [0.3, 0.4) is 0 Å². The molecule has 2 aliphatic rings. The summed E-state index contributed by atoms with van der Waals surface area (Å²) in [5.41, 5.74) is 3.35. The molecule has 18 heavy (non-hydrogen) atoms. The van der Waals surface area contributed by atoms with E-state index < -0.39 is 0 Å². The fraction of sp³-hybridized carbons (Fsp3) is 0.529. The maximum Gasteiger partial charge on any atom is 0.123 e. The molecule has 1 atom stereocenters. The van der Waals surface area contributed by atoms with Crippen LogP contribution in [-0.4, -0.2) is 6.61 Å². The third kappa shape index (κ3) is 2.19. The monoisotopic (exact) mass is 242 g/mol. The molecule has 1 aromatic rings. The van der Waals surface area contributed by atoms with Gasteiger partial charge in [0.2, 0.25) is 0 Å². The van der Waals surface area contributed by atoms with Gasteiger partial charge in [-0.25, -0.2) is 0 Å². The van der Waals surface area contributed by atoms with Crippen LogP contribution in [0.15, 0.2) is 35.9 Å². The average Bonchev–Trinajstić information content (AvgIpc) is 2.40. The van der Waals surface area contributed by atoms with Crippen LogP contribution in [0.5, 0.6) is 5.75 Å². The number of para-hydroxylation sites is 1. The van der Waals surface area contributed by atoms with Gasteiger partial charge in [0, 0.05) is 11.0 Å². The molecule has 0 N–H and O–H groups in total. The summed E-state index contributed by atoms with van der Waals surface area (Å²) in [5.74, 6) is 1.10. The van der Waals surface area contributed by atoms with Crippen molar-refractivity contribution in [3.8, 4) is 5.75 Å². The van der Waals surface area contributed by atoms with Crippen LogP contribution in [-0.2, 0) is 5.41 Å². The molecule has 0 saturated heterocycles. The average molecular weight is 242 g/mol. The lowest BCUT2D eigenvalue weighted by atomic mass is 9.72. The molecule has 0 unspecified atom stereocenters. The maximum absolute atomic E-state index is 5.79. The predicted molar refractivity (Wildman–Crippen MR) is 75.1 cm³/mol. The van der Waals surface area contributed by atoms with Crippen LogP contribution < -0.4 is 4.74 Å². The van der Waals surface area contributed by atoms with E-state index in [4.69, 9.17) is 4.74 Å². The Hall–Kier alpha value is -1.24. The van der Waals surface area contributed by atoms with Gasteiger partial charge >= 0.3 is 0 Å². The first-order chi connectivity index (χ1) is 8.78. The Kier molecular flexibility index (Phi) is 3.15. The highest BCUT2D eigenvalue weighted by Gasteiger charge is 2.33. The summed E-state index contributed by atoms with van der Waals surface area (Å²) in [7, 11) is 0. The SMILES string of the molecule is C[C@]1(CC2=CCCCC2)CCOc2ccccc21. The first-order valence-electron chi connectivity index (χ1n) is 7.18. The van der Waals surface area contributed by atoms with Gasteiger partial charge in [0.25, 0.3) is 0 Å². The molecule has 0 radical (unpaired) electrons. The summed E-state index contributed by atoms with van der Waals surface area (Å²) < 4.78 is 5.79. The molecule has 1 aliphatic carbocycles. The molecule has 0 fully saturated rings. The second kappa shape index (κ2) is 4.79. The molecule has 1 aliphatic heterocycles. The van der Waals surface area contributed by atoms with Crippen molar-refractivity contribution in [3.05, 3.63) is 41.5 Å². The van der Waals surface area contributed by atoms with Crippen molar-refractivity contribution in [3.63, 3.8) is 0 Å². The molecule has 3 rings (SSSR count). The molecule has 0 bridgehead atoms. The van der Waals surface area contributed by atoms with Crippen LogP contribution in [0.25, 0.3) is 0 Å². The zero-order chi connectivity index (χ0) is 12.4. The molecule has 0 aromatic heterocycles. The summed E-state index contributed by atoms with van der Waals surface area (Å²) in [6, 6.07) is 8.57. The number of hydrogen-bond acceptors (Lipinski definition) is 1. The molecule has 0 spiro atoms. The lowest BCUT2D eigenvalue weighted by Gasteiger charge is -2.37. The lowest BCUT2D eigenvalue weighted by Crippen LogP contribution is -2.30. The zero-order valence-electron chi connectivity index (χ0n) is 11.2. The van der Waals surface area contributed by atoms with E-state index >= 15 is 0 Å². The van der Waals surface area contributed by atoms with Crippen LogP contribution in [0.2, 0.25) is 0 Å². The van der Waals surface area contributed by atoms with E-state index in [0.717, 1.165) is 18.8 Å². The van der Waals surface area contributed by atoms with Crippen molar-refractivity contribution in [1.29, 1.82) is 0 Å². The van der Waals surface area contributed by atoms with E-state index in [1.165, 1.54) is 37.7 Å². The van der Waals surface area contributed by atoms with Gasteiger partial charge in [-0.15, -0.1) is 0 Å².